The molecule has 2 amide bonds. The Hall–Kier alpha value is -1.06. The molecule has 18 heavy (non-hydrogen) atoms. The molecular weight excluding hydrogens is 228 g/mol. The average molecular weight is 252 g/mol. The molecule has 0 aromatic heterocycles. The fraction of sp³-hybridized carbons (Fsp3) is 0.857. The highest BCUT2D eigenvalue weighted by molar-refractivity contribution is 5.81. The maximum atomic E-state index is 12.2. The first-order valence-electron chi connectivity index (χ1n) is 7.02. The van der Waals surface area contributed by atoms with Crippen molar-refractivity contribution in [3.8, 4) is 0 Å². The summed E-state index contributed by atoms with van der Waals surface area (Å²) in [6, 6.07) is 0.502. The molecule has 0 saturated carbocycles. The van der Waals surface area contributed by atoms with Crippen LogP contribution in [-0.4, -0.2) is 46.8 Å². The Labute approximate surface area is 109 Å². The molecule has 0 aliphatic carbocycles. The summed E-state index contributed by atoms with van der Waals surface area (Å²) in [7, 11) is 0. The highest BCUT2D eigenvalue weighted by Gasteiger charge is 2.44. The molecule has 2 bridgehead atoms. The number of likely N-dealkylation sites (tertiary alicyclic amines) is 1. The summed E-state index contributed by atoms with van der Waals surface area (Å²) >= 11 is 0. The van der Waals surface area contributed by atoms with Gasteiger partial charge in [0.15, 0.2) is 0 Å². The number of rotatable bonds is 2. The summed E-state index contributed by atoms with van der Waals surface area (Å²) in [5.74, 6) is 0.583. The van der Waals surface area contributed by atoms with Gasteiger partial charge in [-0.3, -0.25) is 9.59 Å². The van der Waals surface area contributed by atoms with Crippen LogP contribution >= 0.6 is 0 Å². The van der Waals surface area contributed by atoms with Crippen molar-refractivity contribution in [3.05, 3.63) is 0 Å². The lowest BCUT2D eigenvalue weighted by Gasteiger charge is -2.42. The lowest BCUT2D eigenvalue weighted by molar-refractivity contribution is -0.147. The number of amides is 2. The molecule has 0 radical (unpaired) electrons. The second-order valence-electron chi connectivity index (χ2n) is 6.18. The van der Waals surface area contributed by atoms with E-state index < -0.39 is 0 Å². The Morgan fingerprint density at radius 2 is 1.33 bits per heavy atom. The highest BCUT2D eigenvalue weighted by Crippen LogP contribution is 2.31. The zero-order valence-corrected chi connectivity index (χ0v) is 11.8. The molecule has 2 aliphatic heterocycles. The van der Waals surface area contributed by atoms with Gasteiger partial charge in [0, 0.05) is 37.0 Å². The molecule has 2 unspecified atom stereocenters. The van der Waals surface area contributed by atoms with Crippen LogP contribution in [0, 0.1) is 11.8 Å². The van der Waals surface area contributed by atoms with E-state index in [4.69, 9.17) is 0 Å². The lowest BCUT2D eigenvalue weighted by Crippen LogP contribution is -2.58. The van der Waals surface area contributed by atoms with E-state index in [1.165, 1.54) is 0 Å². The summed E-state index contributed by atoms with van der Waals surface area (Å²) in [5, 5.41) is 0. The predicted molar refractivity (Wildman–Crippen MR) is 69.9 cm³/mol. The average Bonchev–Trinajstić information content (AvgIpc) is 2.57. The van der Waals surface area contributed by atoms with Crippen molar-refractivity contribution in [1.82, 2.24) is 9.80 Å². The monoisotopic (exact) mass is 252 g/mol. The number of hydrogen-bond acceptors (Lipinski definition) is 2. The first kappa shape index (κ1) is 13.4. The molecule has 0 spiro atoms. The SMILES string of the molecule is CC(C)C(=O)N1CC2CCC(C1)N2C(=O)C(C)C. The molecular formula is C14H24N2O2. The lowest BCUT2D eigenvalue weighted by atomic mass is 10.1. The van der Waals surface area contributed by atoms with Crippen molar-refractivity contribution in [2.45, 2.75) is 52.6 Å². The van der Waals surface area contributed by atoms with E-state index in [1.54, 1.807) is 0 Å². The van der Waals surface area contributed by atoms with Crippen molar-refractivity contribution in [3.63, 3.8) is 0 Å². The Bertz CT molecular complexity index is 338. The first-order valence-corrected chi connectivity index (χ1v) is 7.02. The largest absolute Gasteiger partial charge is 0.338 e. The van der Waals surface area contributed by atoms with E-state index in [1.807, 2.05) is 32.6 Å². The van der Waals surface area contributed by atoms with E-state index in [9.17, 15) is 9.59 Å². The summed E-state index contributed by atoms with van der Waals surface area (Å²) in [4.78, 5) is 28.2. The standard InChI is InChI=1S/C14H24N2O2/c1-9(2)13(17)15-7-11-5-6-12(8-15)16(11)14(18)10(3)4/h9-12H,5-8H2,1-4H3. The van der Waals surface area contributed by atoms with Gasteiger partial charge >= 0.3 is 0 Å². The van der Waals surface area contributed by atoms with Crippen molar-refractivity contribution in [2.24, 2.45) is 11.8 Å². The van der Waals surface area contributed by atoms with Gasteiger partial charge in [0.2, 0.25) is 11.8 Å². The topological polar surface area (TPSA) is 40.6 Å². The molecule has 0 N–H and O–H groups in total. The summed E-state index contributed by atoms with van der Waals surface area (Å²) in [6.45, 7) is 9.24. The van der Waals surface area contributed by atoms with Gasteiger partial charge in [0.25, 0.3) is 0 Å². The number of hydrogen-bond donors (Lipinski definition) is 0. The number of fused-ring (bicyclic) bond motifs is 2. The van der Waals surface area contributed by atoms with Gasteiger partial charge in [0.05, 0.1) is 0 Å². The molecule has 4 heteroatoms. The molecule has 2 heterocycles. The van der Waals surface area contributed by atoms with Crippen molar-refractivity contribution >= 4 is 11.8 Å². The normalized spacial score (nSPS) is 27.2. The highest BCUT2D eigenvalue weighted by atomic mass is 16.2. The van der Waals surface area contributed by atoms with Gasteiger partial charge in [-0.2, -0.15) is 0 Å². The Morgan fingerprint density at radius 1 is 0.889 bits per heavy atom. The minimum atomic E-state index is 0.0525. The summed E-state index contributed by atoms with van der Waals surface area (Å²) in [5.41, 5.74) is 0. The molecule has 2 saturated heterocycles. The molecule has 2 fully saturated rings. The number of nitrogens with zero attached hydrogens (tertiary/aromatic N) is 2. The minimum Gasteiger partial charge on any atom is -0.338 e. The Kier molecular flexibility index (Phi) is 3.64. The van der Waals surface area contributed by atoms with Gasteiger partial charge < -0.3 is 9.80 Å². The number of carbonyl (C=O) groups is 2. The fourth-order valence-corrected chi connectivity index (χ4v) is 3.11. The van der Waals surface area contributed by atoms with E-state index in [0.29, 0.717) is 0 Å². The number of piperazine rings is 1. The number of carbonyl (C=O) groups excluding carboxylic acids is 2. The minimum absolute atomic E-state index is 0.0525. The van der Waals surface area contributed by atoms with Crippen LogP contribution in [0.25, 0.3) is 0 Å². The maximum Gasteiger partial charge on any atom is 0.225 e. The summed E-state index contributed by atoms with van der Waals surface area (Å²) in [6.07, 6.45) is 2.09. The quantitative estimate of drug-likeness (QED) is 0.747. The predicted octanol–water partition coefficient (Wildman–Crippen LogP) is 1.50. The fourth-order valence-electron chi connectivity index (χ4n) is 3.11. The van der Waals surface area contributed by atoms with Crippen molar-refractivity contribution < 1.29 is 9.59 Å². The van der Waals surface area contributed by atoms with Gasteiger partial charge in [-0.05, 0) is 12.8 Å². The molecule has 0 aromatic rings. The second-order valence-corrected chi connectivity index (χ2v) is 6.18. The Morgan fingerprint density at radius 3 is 1.72 bits per heavy atom. The van der Waals surface area contributed by atoms with Crippen LogP contribution in [-0.2, 0) is 9.59 Å². The third kappa shape index (κ3) is 2.25. The van der Waals surface area contributed by atoms with Crippen molar-refractivity contribution in [2.75, 3.05) is 13.1 Å². The molecule has 0 aromatic carbocycles. The zero-order chi connectivity index (χ0) is 13.4. The van der Waals surface area contributed by atoms with Gasteiger partial charge in [0.1, 0.15) is 0 Å². The molecule has 2 rings (SSSR count). The van der Waals surface area contributed by atoms with E-state index >= 15 is 0 Å². The van der Waals surface area contributed by atoms with Crippen LogP contribution in [0.1, 0.15) is 40.5 Å². The summed E-state index contributed by atoms with van der Waals surface area (Å²) < 4.78 is 0. The third-order valence-corrected chi connectivity index (χ3v) is 4.04. The molecule has 2 aliphatic rings. The van der Waals surface area contributed by atoms with Crippen LogP contribution < -0.4 is 0 Å². The van der Waals surface area contributed by atoms with Crippen LogP contribution in [0.5, 0.6) is 0 Å². The first-order chi connectivity index (χ1) is 8.41. The Balaban J connectivity index is 2.08. The molecule has 2 atom stereocenters. The maximum absolute atomic E-state index is 12.2. The van der Waals surface area contributed by atoms with Gasteiger partial charge in [-0.1, -0.05) is 27.7 Å². The van der Waals surface area contributed by atoms with Crippen LogP contribution in [0.3, 0.4) is 0 Å². The molecule has 102 valence electrons. The van der Waals surface area contributed by atoms with E-state index in [0.717, 1.165) is 25.9 Å². The van der Waals surface area contributed by atoms with Crippen LogP contribution in [0.2, 0.25) is 0 Å². The van der Waals surface area contributed by atoms with Crippen LogP contribution in [0.4, 0.5) is 0 Å². The van der Waals surface area contributed by atoms with Gasteiger partial charge in [-0.25, -0.2) is 0 Å². The smallest absolute Gasteiger partial charge is 0.225 e. The van der Waals surface area contributed by atoms with E-state index in [2.05, 4.69) is 4.90 Å². The van der Waals surface area contributed by atoms with Crippen LogP contribution in [0.15, 0.2) is 0 Å². The molecule has 4 nitrogen and oxygen atoms in total. The van der Waals surface area contributed by atoms with E-state index in [-0.39, 0.29) is 35.7 Å². The van der Waals surface area contributed by atoms with Gasteiger partial charge in [-0.15, -0.1) is 0 Å². The van der Waals surface area contributed by atoms with Crippen molar-refractivity contribution in [1.29, 1.82) is 0 Å². The third-order valence-electron chi connectivity index (χ3n) is 4.04. The second kappa shape index (κ2) is 4.90. The zero-order valence-electron chi connectivity index (χ0n) is 11.8.